The highest BCUT2D eigenvalue weighted by molar-refractivity contribution is 9.10. The van der Waals surface area contributed by atoms with Crippen LogP contribution in [0.15, 0.2) is 27.6 Å². The summed E-state index contributed by atoms with van der Waals surface area (Å²) < 4.78 is 10.9. The van der Waals surface area contributed by atoms with Crippen LogP contribution in [0.2, 0.25) is 0 Å². The molecule has 1 aromatic rings. The number of methoxy groups -OCH3 is 1. The Hall–Kier alpha value is -1.84. The van der Waals surface area contributed by atoms with E-state index in [1.165, 1.54) is 11.0 Å². The van der Waals surface area contributed by atoms with Crippen molar-refractivity contribution >= 4 is 50.9 Å². The van der Waals surface area contributed by atoms with Gasteiger partial charge in [0.2, 0.25) is 0 Å². The predicted octanol–water partition coefficient (Wildman–Crippen LogP) is 2.99. The van der Waals surface area contributed by atoms with E-state index in [1.54, 1.807) is 25.3 Å². The monoisotopic (exact) mass is 429 g/mol. The number of hydrogen-bond acceptors (Lipinski definition) is 6. The number of carboxylic acids is 1. The lowest BCUT2D eigenvalue weighted by Gasteiger charge is -2.11. The zero-order valence-electron chi connectivity index (χ0n) is 13.4. The summed E-state index contributed by atoms with van der Waals surface area (Å²) in [5, 5.41) is 8.41. The number of amides is 2. The third-order valence-corrected chi connectivity index (χ3v) is 4.61. The van der Waals surface area contributed by atoms with Gasteiger partial charge in [0.1, 0.15) is 5.75 Å². The van der Waals surface area contributed by atoms with Gasteiger partial charge in [0.15, 0.2) is 6.61 Å². The molecule has 0 unspecified atom stereocenters. The quantitative estimate of drug-likeness (QED) is 0.501. The van der Waals surface area contributed by atoms with Crippen LogP contribution in [0.1, 0.15) is 12.0 Å². The fourth-order valence-corrected chi connectivity index (χ4v) is 3.34. The molecular weight excluding hydrogens is 414 g/mol. The molecule has 0 radical (unpaired) electrons. The van der Waals surface area contributed by atoms with Gasteiger partial charge in [0.25, 0.3) is 11.1 Å². The fraction of sp³-hybridized carbons (Fsp3) is 0.312. The molecule has 1 fully saturated rings. The first-order chi connectivity index (χ1) is 11.9. The molecule has 0 spiro atoms. The van der Waals surface area contributed by atoms with Crippen LogP contribution in [0, 0.1) is 0 Å². The minimum atomic E-state index is -1.10. The van der Waals surface area contributed by atoms with Crippen molar-refractivity contribution in [2.24, 2.45) is 0 Å². The Morgan fingerprint density at radius 1 is 1.40 bits per heavy atom. The molecule has 2 amide bonds. The molecule has 0 saturated carbocycles. The molecule has 1 aromatic carbocycles. The zero-order valence-corrected chi connectivity index (χ0v) is 15.8. The van der Waals surface area contributed by atoms with Crippen LogP contribution in [-0.2, 0) is 14.3 Å². The summed E-state index contributed by atoms with van der Waals surface area (Å²) in [5.74, 6) is -1.17. The molecule has 1 heterocycles. The third-order valence-electron chi connectivity index (χ3n) is 3.21. The number of halogens is 1. The van der Waals surface area contributed by atoms with Crippen LogP contribution >= 0.6 is 27.7 Å². The second-order valence-corrected chi connectivity index (χ2v) is 6.95. The second-order valence-electron chi connectivity index (χ2n) is 5.04. The molecule has 9 heteroatoms. The lowest BCUT2D eigenvalue weighted by atomic mass is 10.2. The highest BCUT2D eigenvalue weighted by Crippen LogP contribution is 2.34. The van der Waals surface area contributed by atoms with E-state index >= 15 is 0 Å². The molecule has 1 aliphatic heterocycles. The van der Waals surface area contributed by atoms with Crippen molar-refractivity contribution in [3.05, 3.63) is 33.1 Å². The fourth-order valence-electron chi connectivity index (χ4n) is 2.10. The van der Waals surface area contributed by atoms with E-state index in [0.717, 1.165) is 16.2 Å². The number of carbonyl (C=O) groups is 3. The lowest BCUT2D eigenvalue weighted by Crippen LogP contribution is -2.29. The molecule has 25 heavy (non-hydrogen) atoms. The van der Waals surface area contributed by atoms with Crippen molar-refractivity contribution in [1.29, 1.82) is 0 Å². The summed E-state index contributed by atoms with van der Waals surface area (Å²) in [4.78, 5) is 36.5. The lowest BCUT2D eigenvalue weighted by molar-refractivity contribution is -0.139. The van der Waals surface area contributed by atoms with Gasteiger partial charge < -0.3 is 14.6 Å². The van der Waals surface area contributed by atoms with Crippen molar-refractivity contribution in [3.63, 3.8) is 0 Å². The smallest absolute Gasteiger partial charge is 0.341 e. The van der Waals surface area contributed by atoms with E-state index in [2.05, 4.69) is 15.9 Å². The number of aliphatic carboxylic acids is 1. The van der Waals surface area contributed by atoms with Gasteiger partial charge >= 0.3 is 5.97 Å². The van der Waals surface area contributed by atoms with Gasteiger partial charge in [-0.15, -0.1) is 0 Å². The van der Waals surface area contributed by atoms with Crippen molar-refractivity contribution in [1.82, 2.24) is 4.90 Å². The van der Waals surface area contributed by atoms with Gasteiger partial charge in [-0.3, -0.25) is 14.5 Å². The first-order valence-corrected chi connectivity index (χ1v) is 8.91. The summed E-state index contributed by atoms with van der Waals surface area (Å²) in [6.45, 7) is 0.247. The minimum absolute atomic E-state index is 0.265. The highest BCUT2D eigenvalue weighted by Gasteiger charge is 2.34. The molecule has 0 aromatic heterocycles. The number of carboxylic acid groups (broad SMARTS) is 1. The Morgan fingerprint density at radius 2 is 2.16 bits per heavy atom. The topological polar surface area (TPSA) is 93.1 Å². The van der Waals surface area contributed by atoms with E-state index in [9.17, 15) is 14.4 Å². The second kappa shape index (κ2) is 9.02. The Balaban J connectivity index is 2.21. The van der Waals surface area contributed by atoms with Crippen LogP contribution in [-0.4, -0.2) is 54.0 Å². The molecule has 134 valence electrons. The van der Waals surface area contributed by atoms with Crippen molar-refractivity contribution < 1.29 is 29.0 Å². The van der Waals surface area contributed by atoms with Crippen LogP contribution in [0.3, 0.4) is 0 Å². The van der Waals surface area contributed by atoms with E-state index in [4.69, 9.17) is 14.6 Å². The number of imide groups is 1. The summed E-state index contributed by atoms with van der Waals surface area (Å²) in [7, 11) is 1.56. The van der Waals surface area contributed by atoms with E-state index in [1.807, 2.05) is 0 Å². The number of carbonyl (C=O) groups excluding carboxylic acids is 2. The Labute approximate surface area is 157 Å². The van der Waals surface area contributed by atoms with E-state index in [-0.39, 0.29) is 22.6 Å². The Kier molecular flexibility index (Phi) is 7.03. The summed E-state index contributed by atoms with van der Waals surface area (Å²) in [6, 6.07) is 4.99. The standard InChI is InChI=1S/C16H16BrNO6S/c1-23-6-2-5-18-15(21)13(25-16(18)22)8-10-7-11(17)3-4-12(10)24-9-14(19)20/h3-4,7-8H,2,5-6,9H2,1H3,(H,19,20)/b13-8+. The molecular formula is C16H16BrNO6S. The molecule has 1 saturated heterocycles. The summed E-state index contributed by atoms with van der Waals surface area (Å²) in [6.07, 6.45) is 2.09. The van der Waals surface area contributed by atoms with Gasteiger partial charge in [-0.25, -0.2) is 4.79 Å². The van der Waals surface area contributed by atoms with Gasteiger partial charge in [0, 0.05) is 30.3 Å². The number of benzene rings is 1. The Morgan fingerprint density at radius 3 is 2.84 bits per heavy atom. The molecule has 0 aliphatic carbocycles. The number of rotatable bonds is 8. The van der Waals surface area contributed by atoms with Crippen molar-refractivity contribution in [2.75, 3.05) is 26.9 Å². The molecule has 0 atom stereocenters. The number of hydrogen-bond donors (Lipinski definition) is 1. The number of thioether (sulfide) groups is 1. The number of ether oxygens (including phenoxy) is 2. The number of nitrogens with zero attached hydrogens (tertiary/aromatic N) is 1. The van der Waals surface area contributed by atoms with Crippen LogP contribution in [0.4, 0.5) is 4.79 Å². The molecule has 0 bridgehead atoms. The first-order valence-electron chi connectivity index (χ1n) is 7.31. The summed E-state index contributed by atoms with van der Waals surface area (Å²) in [5.41, 5.74) is 0.512. The van der Waals surface area contributed by atoms with E-state index in [0.29, 0.717) is 24.3 Å². The molecule has 2 rings (SSSR count). The average Bonchev–Trinajstić information content (AvgIpc) is 2.81. The van der Waals surface area contributed by atoms with Gasteiger partial charge in [-0.2, -0.15) is 0 Å². The maximum Gasteiger partial charge on any atom is 0.341 e. The molecule has 7 nitrogen and oxygen atoms in total. The zero-order chi connectivity index (χ0) is 18.4. The summed E-state index contributed by atoms with van der Waals surface area (Å²) >= 11 is 4.17. The first kappa shape index (κ1) is 19.5. The highest BCUT2D eigenvalue weighted by atomic mass is 79.9. The van der Waals surface area contributed by atoms with Crippen molar-refractivity contribution in [2.45, 2.75) is 6.42 Å². The van der Waals surface area contributed by atoms with Crippen LogP contribution in [0.25, 0.3) is 6.08 Å². The largest absolute Gasteiger partial charge is 0.481 e. The predicted molar refractivity (Wildman–Crippen MR) is 96.4 cm³/mol. The molecule has 1 N–H and O–H groups in total. The SMILES string of the molecule is COCCCN1C(=O)S/C(=C/c2cc(Br)ccc2OCC(=O)O)C1=O. The maximum absolute atomic E-state index is 12.4. The molecule has 1 aliphatic rings. The van der Waals surface area contributed by atoms with Crippen molar-refractivity contribution in [3.8, 4) is 5.75 Å². The van der Waals surface area contributed by atoms with Gasteiger partial charge in [0.05, 0.1) is 4.91 Å². The van der Waals surface area contributed by atoms with Crippen LogP contribution in [0.5, 0.6) is 5.75 Å². The maximum atomic E-state index is 12.4. The Bertz CT molecular complexity index is 721. The van der Waals surface area contributed by atoms with Gasteiger partial charge in [-0.05, 0) is 42.5 Å². The third kappa shape index (κ3) is 5.32. The van der Waals surface area contributed by atoms with Gasteiger partial charge in [-0.1, -0.05) is 15.9 Å². The normalized spacial score (nSPS) is 15.9. The van der Waals surface area contributed by atoms with E-state index < -0.39 is 12.6 Å². The minimum Gasteiger partial charge on any atom is -0.481 e. The average molecular weight is 430 g/mol. The van der Waals surface area contributed by atoms with Crippen LogP contribution < -0.4 is 4.74 Å².